The van der Waals surface area contributed by atoms with Crippen LogP contribution in [0.2, 0.25) is 5.02 Å². The van der Waals surface area contributed by atoms with Crippen LogP contribution in [0.5, 0.6) is 0 Å². The van der Waals surface area contributed by atoms with Crippen LogP contribution in [0.3, 0.4) is 0 Å². The van der Waals surface area contributed by atoms with E-state index < -0.39 is 11.0 Å². The van der Waals surface area contributed by atoms with E-state index in [1.807, 2.05) is 0 Å². The maximum atomic E-state index is 12.8. The minimum atomic E-state index is -0.564. The quantitative estimate of drug-likeness (QED) is 0.603. The van der Waals surface area contributed by atoms with Crippen molar-refractivity contribution >= 4 is 40.9 Å². The number of benzene rings is 1. The molecule has 2 aliphatic heterocycles. The van der Waals surface area contributed by atoms with E-state index in [0.717, 1.165) is 32.0 Å². The van der Waals surface area contributed by atoms with E-state index in [4.69, 9.17) is 11.6 Å². The Morgan fingerprint density at radius 1 is 1.29 bits per heavy atom. The zero-order valence-electron chi connectivity index (χ0n) is 12.8. The average molecular weight is 370 g/mol. The van der Waals surface area contributed by atoms with Gasteiger partial charge in [0.15, 0.2) is 0 Å². The summed E-state index contributed by atoms with van der Waals surface area (Å²) in [5.41, 5.74) is 0.0148. The maximum Gasteiger partial charge on any atom is 0.270 e. The van der Waals surface area contributed by atoms with E-state index in [-0.39, 0.29) is 28.1 Å². The van der Waals surface area contributed by atoms with Gasteiger partial charge in [0.25, 0.3) is 11.6 Å². The molecule has 0 aromatic heterocycles. The van der Waals surface area contributed by atoms with Crippen molar-refractivity contribution in [3.05, 3.63) is 38.9 Å². The summed E-state index contributed by atoms with van der Waals surface area (Å²) >= 11 is 7.57. The van der Waals surface area contributed by atoms with Gasteiger partial charge in [-0.1, -0.05) is 11.6 Å². The predicted molar refractivity (Wildman–Crippen MR) is 91.2 cm³/mol. The van der Waals surface area contributed by atoms with Gasteiger partial charge in [0.2, 0.25) is 5.91 Å². The average Bonchev–Trinajstić information content (AvgIpc) is 3.24. The molecule has 0 bridgehead atoms. The Labute approximate surface area is 148 Å². The van der Waals surface area contributed by atoms with Gasteiger partial charge in [-0.15, -0.1) is 11.8 Å². The van der Waals surface area contributed by atoms with Crippen molar-refractivity contribution in [1.82, 2.24) is 9.80 Å². The molecule has 128 valence electrons. The molecule has 0 spiro atoms. The monoisotopic (exact) mass is 369 g/mol. The predicted octanol–water partition coefficient (Wildman–Crippen LogP) is 2.39. The van der Waals surface area contributed by atoms with Crippen LogP contribution in [0.1, 0.15) is 23.2 Å². The van der Waals surface area contributed by atoms with Crippen molar-refractivity contribution in [3.8, 4) is 0 Å². The molecular formula is C15H16ClN3O4S. The summed E-state index contributed by atoms with van der Waals surface area (Å²) in [6.07, 6.45) is 1.99. The molecule has 2 aliphatic rings. The lowest BCUT2D eigenvalue weighted by Gasteiger charge is -2.27. The van der Waals surface area contributed by atoms with E-state index in [1.54, 1.807) is 4.90 Å². The molecule has 2 fully saturated rings. The topological polar surface area (TPSA) is 83.8 Å². The van der Waals surface area contributed by atoms with Crippen LogP contribution in [0.15, 0.2) is 18.2 Å². The summed E-state index contributed by atoms with van der Waals surface area (Å²) in [6.45, 7) is 1.47. The number of nitro benzene ring substituents is 1. The second-order valence-corrected chi connectivity index (χ2v) is 7.15. The van der Waals surface area contributed by atoms with Crippen LogP contribution in [0, 0.1) is 10.1 Å². The van der Waals surface area contributed by atoms with E-state index in [2.05, 4.69) is 0 Å². The van der Waals surface area contributed by atoms with Crippen LogP contribution < -0.4 is 0 Å². The lowest BCUT2D eigenvalue weighted by Crippen LogP contribution is -2.48. The second kappa shape index (κ2) is 6.98. The Balaban J connectivity index is 1.80. The van der Waals surface area contributed by atoms with Gasteiger partial charge in [0.05, 0.1) is 21.4 Å². The fourth-order valence-corrected chi connectivity index (χ4v) is 4.34. The largest absolute Gasteiger partial charge is 0.341 e. The highest BCUT2D eigenvalue weighted by atomic mass is 35.5. The number of hydrogen-bond donors (Lipinski definition) is 0. The number of thioether (sulfide) groups is 1. The van der Waals surface area contributed by atoms with E-state index in [1.165, 1.54) is 28.8 Å². The zero-order valence-corrected chi connectivity index (χ0v) is 14.4. The number of likely N-dealkylation sites (tertiary alicyclic amines) is 1. The van der Waals surface area contributed by atoms with Crippen LogP contribution in [-0.4, -0.2) is 57.3 Å². The number of non-ortho nitro benzene ring substituents is 1. The molecule has 1 aromatic rings. The van der Waals surface area contributed by atoms with Gasteiger partial charge in [-0.05, 0) is 18.9 Å². The number of amides is 2. The number of carbonyl (C=O) groups is 2. The number of hydrogen-bond acceptors (Lipinski definition) is 5. The van der Waals surface area contributed by atoms with Crippen molar-refractivity contribution in [2.75, 3.05) is 24.7 Å². The van der Waals surface area contributed by atoms with Crippen molar-refractivity contribution in [2.24, 2.45) is 0 Å². The molecule has 1 unspecified atom stereocenters. The molecular weight excluding hydrogens is 354 g/mol. The van der Waals surface area contributed by atoms with Crippen molar-refractivity contribution in [1.29, 1.82) is 0 Å². The summed E-state index contributed by atoms with van der Waals surface area (Å²) in [5.74, 6) is 0.587. The van der Waals surface area contributed by atoms with Crippen LogP contribution in [-0.2, 0) is 4.79 Å². The summed E-state index contributed by atoms with van der Waals surface area (Å²) in [5, 5.41) is 10.8. The van der Waals surface area contributed by atoms with Crippen molar-refractivity contribution < 1.29 is 14.5 Å². The molecule has 1 aromatic carbocycles. The normalized spacial score (nSPS) is 20.5. The lowest BCUT2D eigenvalue weighted by molar-refractivity contribution is -0.384. The highest BCUT2D eigenvalue weighted by Gasteiger charge is 2.38. The van der Waals surface area contributed by atoms with E-state index >= 15 is 0 Å². The van der Waals surface area contributed by atoms with Crippen molar-refractivity contribution in [3.63, 3.8) is 0 Å². The Hall–Kier alpha value is -1.80. The van der Waals surface area contributed by atoms with Gasteiger partial charge in [-0.2, -0.15) is 0 Å². The van der Waals surface area contributed by atoms with Gasteiger partial charge in [-0.3, -0.25) is 19.7 Å². The molecule has 2 amide bonds. The highest BCUT2D eigenvalue weighted by Crippen LogP contribution is 2.29. The van der Waals surface area contributed by atoms with E-state index in [0.29, 0.717) is 11.6 Å². The third-order valence-electron chi connectivity index (χ3n) is 4.24. The summed E-state index contributed by atoms with van der Waals surface area (Å²) < 4.78 is 0. The molecule has 0 radical (unpaired) electrons. The second-order valence-electron chi connectivity index (χ2n) is 5.74. The highest BCUT2D eigenvalue weighted by molar-refractivity contribution is 7.99. The zero-order chi connectivity index (χ0) is 17.3. The molecule has 0 aliphatic carbocycles. The molecule has 9 heteroatoms. The van der Waals surface area contributed by atoms with E-state index in [9.17, 15) is 19.7 Å². The standard InChI is InChI=1S/C15H16ClN3O4S/c16-12-7-10(19(22)23)3-4-11(12)14(20)18-9-24-8-13(18)15(21)17-5-1-2-6-17/h3-4,7,13H,1-2,5-6,8-9H2. The minimum absolute atomic E-state index is 0.0242. The Morgan fingerprint density at radius 2 is 2.00 bits per heavy atom. The number of carbonyl (C=O) groups excluding carboxylic acids is 2. The Bertz CT molecular complexity index is 693. The minimum Gasteiger partial charge on any atom is -0.341 e. The molecule has 24 heavy (non-hydrogen) atoms. The van der Waals surface area contributed by atoms with Crippen LogP contribution in [0.4, 0.5) is 5.69 Å². The fourth-order valence-electron chi connectivity index (χ4n) is 2.94. The third kappa shape index (κ3) is 3.21. The molecule has 2 saturated heterocycles. The summed E-state index contributed by atoms with van der Waals surface area (Å²) in [4.78, 5) is 38.9. The van der Waals surface area contributed by atoms with Gasteiger partial charge in [0, 0.05) is 31.0 Å². The first-order chi connectivity index (χ1) is 11.5. The molecule has 7 nitrogen and oxygen atoms in total. The number of nitro groups is 1. The molecule has 0 N–H and O–H groups in total. The summed E-state index contributed by atoms with van der Waals surface area (Å²) in [7, 11) is 0. The molecule has 0 saturated carbocycles. The number of halogens is 1. The molecule has 1 atom stereocenters. The SMILES string of the molecule is O=C(C1CSCN1C(=O)c1ccc([N+](=O)[O-])cc1Cl)N1CCCC1. The fraction of sp³-hybridized carbons (Fsp3) is 0.467. The number of rotatable bonds is 3. The first kappa shape index (κ1) is 17.0. The van der Waals surface area contributed by atoms with Crippen LogP contribution in [0.25, 0.3) is 0 Å². The summed E-state index contributed by atoms with van der Waals surface area (Å²) in [6, 6.07) is 3.27. The van der Waals surface area contributed by atoms with Gasteiger partial charge in [-0.25, -0.2) is 0 Å². The van der Waals surface area contributed by atoms with Gasteiger partial charge < -0.3 is 9.80 Å². The lowest BCUT2D eigenvalue weighted by atomic mass is 10.1. The Morgan fingerprint density at radius 3 is 2.62 bits per heavy atom. The van der Waals surface area contributed by atoms with Gasteiger partial charge >= 0.3 is 0 Å². The first-order valence-corrected chi connectivity index (χ1v) is 9.14. The Kier molecular flexibility index (Phi) is 4.96. The first-order valence-electron chi connectivity index (χ1n) is 7.60. The molecule has 3 rings (SSSR count). The smallest absolute Gasteiger partial charge is 0.270 e. The maximum absolute atomic E-state index is 12.8. The number of nitrogens with zero attached hydrogens (tertiary/aromatic N) is 3. The molecule has 2 heterocycles. The van der Waals surface area contributed by atoms with Crippen molar-refractivity contribution in [2.45, 2.75) is 18.9 Å². The van der Waals surface area contributed by atoms with Crippen LogP contribution >= 0.6 is 23.4 Å². The third-order valence-corrected chi connectivity index (χ3v) is 5.56. The van der Waals surface area contributed by atoms with Gasteiger partial charge in [0.1, 0.15) is 6.04 Å².